The van der Waals surface area contributed by atoms with Crippen LogP contribution in [0.2, 0.25) is 0 Å². The Labute approximate surface area is 156 Å². The Morgan fingerprint density at radius 3 is 2.48 bits per heavy atom. The van der Waals surface area contributed by atoms with Crippen molar-refractivity contribution in [2.24, 2.45) is 0 Å². The average Bonchev–Trinajstić information content (AvgIpc) is 2.65. The number of morpholine rings is 1. The summed E-state index contributed by atoms with van der Waals surface area (Å²) in [4.78, 5) is 14.9. The summed E-state index contributed by atoms with van der Waals surface area (Å²) >= 11 is 3.43. The van der Waals surface area contributed by atoms with Gasteiger partial charge in [-0.3, -0.25) is 9.69 Å². The van der Waals surface area contributed by atoms with Crippen LogP contribution in [0.5, 0.6) is 17.2 Å². The zero-order valence-corrected chi connectivity index (χ0v) is 16.5. The van der Waals surface area contributed by atoms with Gasteiger partial charge in [0.15, 0.2) is 11.5 Å². The van der Waals surface area contributed by atoms with Crippen molar-refractivity contribution >= 4 is 21.8 Å². The molecule has 1 aliphatic heterocycles. The Morgan fingerprint density at radius 1 is 1.20 bits per heavy atom. The summed E-state index contributed by atoms with van der Waals surface area (Å²) in [6.45, 7) is 5.01. The number of hydrogen-bond donors (Lipinski definition) is 1. The topological polar surface area (TPSA) is 69.3 Å². The molecular formula is C17H25BrN2O5. The summed E-state index contributed by atoms with van der Waals surface area (Å²) in [7, 11) is 4.57. The summed E-state index contributed by atoms with van der Waals surface area (Å²) in [5.74, 6) is 1.13. The van der Waals surface area contributed by atoms with Crippen molar-refractivity contribution in [3.8, 4) is 17.2 Å². The lowest BCUT2D eigenvalue weighted by atomic mass is 10.1. The lowest BCUT2D eigenvalue weighted by Crippen LogP contribution is -2.38. The molecule has 1 heterocycles. The molecule has 1 aromatic carbocycles. The lowest BCUT2D eigenvalue weighted by molar-refractivity contribution is 0.0374. The number of amides is 1. The molecule has 2 rings (SSSR count). The predicted octanol–water partition coefficient (Wildman–Crippen LogP) is 1.93. The van der Waals surface area contributed by atoms with Gasteiger partial charge in [0.25, 0.3) is 5.91 Å². The minimum Gasteiger partial charge on any atom is -0.493 e. The van der Waals surface area contributed by atoms with Gasteiger partial charge in [-0.15, -0.1) is 0 Å². The molecule has 0 radical (unpaired) electrons. The van der Waals surface area contributed by atoms with Gasteiger partial charge >= 0.3 is 0 Å². The van der Waals surface area contributed by atoms with Crippen LogP contribution in [-0.2, 0) is 4.74 Å². The number of nitrogens with one attached hydrogen (secondary N) is 1. The number of benzene rings is 1. The first-order chi connectivity index (χ1) is 12.1. The molecule has 0 atom stereocenters. The first-order valence-corrected chi connectivity index (χ1v) is 8.98. The molecule has 1 saturated heterocycles. The van der Waals surface area contributed by atoms with Crippen LogP contribution < -0.4 is 19.5 Å². The molecule has 0 aromatic heterocycles. The molecule has 0 spiro atoms. The van der Waals surface area contributed by atoms with E-state index in [4.69, 9.17) is 18.9 Å². The van der Waals surface area contributed by atoms with Crippen molar-refractivity contribution < 1.29 is 23.7 Å². The van der Waals surface area contributed by atoms with Gasteiger partial charge in [-0.1, -0.05) is 0 Å². The molecule has 1 N–H and O–H groups in total. The van der Waals surface area contributed by atoms with E-state index < -0.39 is 0 Å². The Balaban J connectivity index is 1.98. The van der Waals surface area contributed by atoms with Crippen molar-refractivity contribution in [3.63, 3.8) is 0 Å². The highest BCUT2D eigenvalue weighted by molar-refractivity contribution is 9.10. The summed E-state index contributed by atoms with van der Waals surface area (Å²) in [5, 5.41) is 2.94. The second-order valence-electron chi connectivity index (χ2n) is 5.57. The van der Waals surface area contributed by atoms with Gasteiger partial charge in [-0.2, -0.15) is 0 Å². The van der Waals surface area contributed by atoms with Crippen molar-refractivity contribution in [1.82, 2.24) is 10.2 Å². The molecule has 7 nitrogen and oxygen atoms in total. The van der Waals surface area contributed by atoms with E-state index in [1.165, 1.54) is 21.3 Å². The standard InChI is InChI=1S/C17H25BrN2O5/c1-22-13-11-12(14(18)16(24-3)15(13)23-2)17(21)19-5-4-6-20-7-9-25-10-8-20/h11H,4-10H2,1-3H3,(H,19,21). The van der Waals surface area contributed by atoms with E-state index in [-0.39, 0.29) is 5.91 Å². The third kappa shape index (κ3) is 4.99. The van der Waals surface area contributed by atoms with Gasteiger partial charge in [-0.05, 0) is 35.0 Å². The molecule has 1 fully saturated rings. The molecule has 0 unspecified atom stereocenters. The number of ether oxygens (including phenoxy) is 4. The van der Waals surface area contributed by atoms with E-state index in [2.05, 4.69) is 26.1 Å². The fourth-order valence-electron chi connectivity index (χ4n) is 2.71. The molecule has 25 heavy (non-hydrogen) atoms. The van der Waals surface area contributed by atoms with E-state index >= 15 is 0 Å². The maximum atomic E-state index is 12.5. The molecule has 0 aliphatic carbocycles. The monoisotopic (exact) mass is 416 g/mol. The van der Waals surface area contributed by atoms with Crippen molar-refractivity contribution in [2.45, 2.75) is 6.42 Å². The van der Waals surface area contributed by atoms with Gasteiger partial charge < -0.3 is 24.3 Å². The van der Waals surface area contributed by atoms with Crippen LogP contribution >= 0.6 is 15.9 Å². The van der Waals surface area contributed by atoms with Crippen molar-refractivity contribution in [1.29, 1.82) is 0 Å². The molecule has 140 valence electrons. The Morgan fingerprint density at radius 2 is 1.88 bits per heavy atom. The van der Waals surface area contributed by atoms with Crippen LogP contribution in [0.15, 0.2) is 10.5 Å². The third-order valence-electron chi connectivity index (χ3n) is 4.05. The fourth-order valence-corrected chi connectivity index (χ4v) is 3.35. The smallest absolute Gasteiger partial charge is 0.252 e. The second kappa shape index (κ2) is 9.84. The maximum Gasteiger partial charge on any atom is 0.252 e. The first kappa shape index (κ1) is 19.8. The Kier molecular flexibility index (Phi) is 7.80. The number of carbonyl (C=O) groups excluding carboxylic acids is 1. The quantitative estimate of drug-likeness (QED) is 0.652. The molecular weight excluding hydrogens is 392 g/mol. The summed E-state index contributed by atoms with van der Waals surface area (Å²) in [6, 6.07) is 1.64. The number of hydrogen-bond acceptors (Lipinski definition) is 6. The Hall–Kier alpha value is -1.51. The minimum absolute atomic E-state index is 0.187. The van der Waals surface area contributed by atoms with Crippen LogP contribution in [0.25, 0.3) is 0 Å². The van der Waals surface area contributed by atoms with Crippen LogP contribution in [-0.4, -0.2) is 71.5 Å². The minimum atomic E-state index is -0.187. The van der Waals surface area contributed by atoms with Gasteiger partial charge in [0, 0.05) is 19.6 Å². The summed E-state index contributed by atoms with van der Waals surface area (Å²) in [6.07, 6.45) is 0.883. The van der Waals surface area contributed by atoms with Crippen molar-refractivity contribution in [3.05, 3.63) is 16.1 Å². The SMILES string of the molecule is COc1cc(C(=O)NCCCN2CCOCC2)c(Br)c(OC)c1OC. The molecule has 1 amide bonds. The second-order valence-corrected chi connectivity index (χ2v) is 6.36. The normalized spacial score (nSPS) is 14.9. The van der Waals surface area contributed by atoms with Crippen LogP contribution in [0.3, 0.4) is 0 Å². The number of methoxy groups -OCH3 is 3. The highest BCUT2D eigenvalue weighted by Crippen LogP contribution is 2.44. The molecule has 1 aromatic rings. The number of rotatable bonds is 8. The third-order valence-corrected chi connectivity index (χ3v) is 4.84. The molecule has 0 bridgehead atoms. The van der Waals surface area contributed by atoms with Crippen LogP contribution in [0.1, 0.15) is 16.8 Å². The van der Waals surface area contributed by atoms with Crippen LogP contribution in [0, 0.1) is 0 Å². The average molecular weight is 417 g/mol. The lowest BCUT2D eigenvalue weighted by Gasteiger charge is -2.26. The van der Waals surface area contributed by atoms with E-state index in [0.717, 1.165) is 39.3 Å². The highest BCUT2D eigenvalue weighted by atomic mass is 79.9. The largest absolute Gasteiger partial charge is 0.493 e. The van der Waals surface area contributed by atoms with Gasteiger partial charge in [-0.25, -0.2) is 0 Å². The fraction of sp³-hybridized carbons (Fsp3) is 0.588. The first-order valence-electron chi connectivity index (χ1n) is 8.19. The van der Waals surface area contributed by atoms with Gasteiger partial charge in [0.2, 0.25) is 5.75 Å². The molecule has 0 saturated carbocycles. The maximum absolute atomic E-state index is 12.5. The predicted molar refractivity (Wildman–Crippen MR) is 98.0 cm³/mol. The number of carbonyl (C=O) groups is 1. The zero-order valence-electron chi connectivity index (χ0n) is 14.9. The molecule has 8 heteroatoms. The van der Waals surface area contributed by atoms with Gasteiger partial charge in [0.05, 0.1) is 44.6 Å². The van der Waals surface area contributed by atoms with Crippen LogP contribution in [0.4, 0.5) is 0 Å². The molecule has 1 aliphatic rings. The van der Waals surface area contributed by atoms with E-state index in [0.29, 0.717) is 33.8 Å². The van der Waals surface area contributed by atoms with Gasteiger partial charge in [0.1, 0.15) is 0 Å². The highest BCUT2D eigenvalue weighted by Gasteiger charge is 2.22. The number of halogens is 1. The Bertz CT molecular complexity index is 591. The van der Waals surface area contributed by atoms with E-state index in [9.17, 15) is 4.79 Å². The zero-order chi connectivity index (χ0) is 18.2. The summed E-state index contributed by atoms with van der Waals surface area (Å²) in [5.41, 5.74) is 0.445. The van der Waals surface area contributed by atoms with Crippen molar-refractivity contribution in [2.75, 3.05) is 60.7 Å². The summed E-state index contributed by atoms with van der Waals surface area (Å²) < 4.78 is 21.8. The van der Waals surface area contributed by atoms with E-state index in [1.807, 2.05) is 0 Å². The number of nitrogens with zero attached hydrogens (tertiary/aromatic N) is 1. The van der Waals surface area contributed by atoms with E-state index in [1.54, 1.807) is 6.07 Å².